The number of carboxylic acids is 1. The summed E-state index contributed by atoms with van der Waals surface area (Å²) in [6.07, 6.45) is 0.805. The summed E-state index contributed by atoms with van der Waals surface area (Å²) in [5.74, 6) is -1.89. The van der Waals surface area contributed by atoms with Crippen molar-refractivity contribution >= 4 is 21.7 Å². The van der Waals surface area contributed by atoms with Crippen LogP contribution in [0.2, 0.25) is 0 Å². The topological polar surface area (TPSA) is 127 Å². The van der Waals surface area contributed by atoms with Crippen molar-refractivity contribution in [1.82, 2.24) is 4.31 Å². The number of hydrogen-bond donors (Lipinski definition) is 1. The molecule has 24 heavy (non-hydrogen) atoms. The molecule has 0 aliphatic carbocycles. The quantitative estimate of drug-likeness (QED) is 0.623. The number of carboxylic acid groups (broad SMARTS) is 1. The van der Waals surface area contributed by atoms with Gasteiger partial charge in [-0.3, -0.25) is 14.9 Å². The first-order valence-corrected chi connectivity index (χ1v) is 8.69. The number of carbonyl (C=O) groups is 1. The number of piperidine rings is 1. The molecule has 2 unspecified atom stereocenters. The predicted molar refractivity (Wildman–Crippen MR) is 83.4 cm³/mol. The molecule has 1 N–H and O–H groups in total. The van der Waals surface area contributed by atoms with Crippen molar-refractivity contribution in [2.24, 2.45) is 5.92 Å². The molecule has 1 aromatic carbocycles. The summed E-state index contributed by atoms with van der Waals surface area (Å²) >= 11 is 0. The zero-order chi connectivity index (χ0) is 18.1. The van der Waals surface area contributed by atoms with E-state index >= 15 is 0 Å². The average Bonchev–Trinajstić information content (AvgIpc) is 2.54. The molecule has 1 aliphatic heterocycles. The van der Waals surface area contributed by atoms with Crippen molar-refractivity contribution in [2.45, 2.75) is 30.7 Å². The van der Waals surface area contributed by atoms with Gasteiger partial charge in [-0.1, -0.05) is 0 Å². The highest BCUT2D eigenvalue weighted by atomic mass is 32.2. The number of ether oxygens (including phenoxy) is 1. The van der Waals surface area contributed by atoms with Crippen LogP contribution >= 0.6 is 0 Å². The van der Waals surface area contributed by atoms with Crippen LogP contribution in [-0.2, 0) is 14.8 Å². The molecule has 0 spiro atoms. The molecular formula is C14H18N2O7S. The molecule has 1 aromatic rings. The van der Waals surface area contributed by atoms with E-state index in [1.165, 1.54) is 19.2 Å². The SMILES string of the molecule is COc1ccc(S(=O)(=O)N2CC(C(=O)O)CCC2C)cc1[N+](=O)[O-]. The molecule has 0 radical (unpaired) electrons. The third kappa shape index (κ3) is 3.34. The normalized spacial score (nSPS) is 22.1. The lowest BCUT2D eigenvalue weighted by Gasteiger charge is -2.35. The number of nitrogens with zero attached hydrogens (tertiary/aromatic N) is 2. The van der Waals surface area contributed by atoms with E-state index < -0.39 is 32.5 Å². The Morgan fingerprint density at radius 3 is 2.62 bits per heavy atom. The molecule has 0 saturated carbocycles. The summed E-state index contributed by atoms with van der Waals surface area (Å²) in [5.41, 5.74) is -0.460. The first kappa shape index (κ1) is 18.1. The molecule has 1 fully saturated rings. The Balaban J connectivity index is 2.44. The van der Waals surface area contributed by atoms with E-state index in [-0.39, 0.29) is 23.2 Å². The van der Waals surface area contributed by atoms with E-state index in [1.807, 2.05) is 0 Å². The minimum atomic E-state index is -4.05. The van der Waals surface area contributed by atoms with Crippen molar-refractivity contribution < 1.29 is 28.0 Å². The highest BCUT2D eigenvalue weighted by molar-refractivity contribution is 7.89. The maximum absolute atomic E-state index is 12.8. The van der Waals surface area contributed by atoms with Gasteiger partial charge in [-0.15, -0.1) is 0 Å². The Morgan fingerprint density at radius 1 is 1.42 bits per heavy atom. The number of nitro groups is 1. The summed E-state index contributed by atoms with van der Waals surface area (Å²) < 4.78 is 31.6. The van der Waals surface area contributed by atoms with Crippen molar-refractivity contribution in [1.29, 1.82) is 0 Å². The molecule has 0 bridgehead atoms. The number of benzene rings is 1. The highest BCUT2D eigenvalue weighted by Gasteiger charge is 2.38. The Kier molecular flexibility index (Phi) is 5.09. The smallest absolute Gasteiger partial charge is 0.312 e. The van der Waals surface area contributed by atoms with Crippen LogP contribution < -0.4 is 4.74 Å². The molecule has 2 rings (SSSR count). The number of sulfonamides is 1. The predicted octanol–water partition coefficient (Wildman–Crippen LogP) is 1.48. The van der Waals surface area contributed by atoms with Gasteiger partial charge in [0.15, 0.2) is 5.75 Å². The number of hydrogen-bond acceptors (Lipinski definition) is 6. The first-order chi connectivity index (χ1) is 11.2. The summed E-state index contributed by atoms with van der Waals surface area (Å²) in [7, 11) is -2.80. The zero-order valence-electron chi connectivity index (χ0n) is 13.2. The summed E-state index contributed by atoms with van der Waals surface area (Å²) in [5, 5.41) is 20.2. The molecule has 2 atom stereocenters. The fourth-order valence-electron chi connectivity index (χ4n) is 2.72. The van der Waals surface area contributed by atoms with Crippen LogP contribution in [-0.4, -0.2) is 48.4 Å². The van der Waals surface area contributed by atoms with Gasteiger partial charge in [0.1, 0.15) is 0 Å². The molecule has 9 nitrogen and oxygen atoms in total. The standard InChI is InChI=1S/C14H18N2O7S/c1-9-3-4-10(14(17)18)8-15(9)24(21,22)11-5-6-13(23-2)12(7-11)16(19)20/h5-7,9-10H,3-4,8H2,1-2H3,(H,17,18). The van der Waals surface area contributed by atoms with Gasteiger partial charge in [0.2, 0.25) is 10.0 Å². The minimum absolute atomic E-state index is 0.0472. The Labute approximate surface area is 139 Å². The molecule has 10 heteroatoms. The van der Waals surface area contributed by atoms with Crippen LogP contribution in [0, 0.1) is 16.0 Å². The van der Waals surface area contributed by atoms with Crippen molar-refractivity contribution in [3.05, 3.63) is 28.3 Å². The summed E-state index contributed by atoms with van der Waals surface area (Å²) in [6.45, 7) is 1.53. The van der Waals surface area contributed by atoms with Crippen molar-refractivity contribution in [3.8, 4) is 5.75 Å². The minimum Gasteiger partial charge on any atom is -0.490 e. The average molecular weight is 358 g/mol. The molecule has 0 aromatic heterocycles. The fraction of sp³-hybridized carbons (Fsp3) is 0.500. The van der Waals surface area contributed by atoms with E-state index in [2.05, 4.69) is 0 Å². The van der Waals surface area contributed by atoms with Gasteiger partial charge in [0.25, 0.3) is 0 Å². The van der Waals surface area contributed by atoms with E-state index in [9.17, 15) is 23.3 Å². The van der Waals surface area contributed by atoms with Gasteiger partial charge in [-0.25, -0.2) is 8.42 Å². The second-order valence-corrected chi connectivity index (χ2v) is 7.52. The van der Waals surface area contributed by atoms with Crippen molar-refractivity contribution in [2.75, 3.05) is 13.7 Å². The van der Waals surface area contributed by atoms with Crippen LogP contribution in [0.1, 0.15) is 19.8 Å². The summed E-state index contributed by atoms with van der Waals surface area (Å²) in [4.78, 5) is 21.3. The maximum atomic E-state index is 12.8. The Bertz CT molecular complexity index is 762. The number of aliphatic carboxylic acids is 1. The molecular weight excluding hydrogens is 340 g/mol. The van der Waals surface area contributed by atoms with Crippen LogP contribution in [0.5, 0.6) is 5.75 Å². The zero-order valence-corrected chi connectivity index (χ0v) is 14.0. The number of methoxy groups -OCH3 is 1. The van der Waals surface area contributed by atoms with Gasteiger partial charge < -0.3 is 9.84 Å². The van der Waals surface area contributed by atoms with E-state index in [0.29, 0.717) is 12.8 Å². The maximum Gasteiger partial charge on any atom is 0.312 e. The van der Waals surface area contributed by atoms with Crippen LogP contribution in [0.4, 0.5) is 5.69 Å². The molecule has 1 heterocycles. The lowest BCUT2D eigenvalue weighted by atomic mass is 9.96. The van der Waals surface area contributed by atoms with Gasteiger partial charge in [0, 0.05) is 18.7 Å². The molecule has 132 valence electrons. The monoisotopic (exact) mass is 358 g/mol. The van der Waals surface area contributed by atoms with Crippen LogP contribution in [0.25, 0.3) is 0 Å². The highest BCUT2D eigenvalue weighted by Crippen LogP contribution is 2.33. The van der Waals surface area contributed by atoms with Crippen LogP contribution in [0.3, 0.4) is 0 Å². The second kappa shape index (κ2) is 6.73. The van der Waals surface area contributed by atoms with Gasteiger partial charge in [-0.2, -0.15) is 4.31 Å². The summed E-state index contributed by atoms with van der Waals surface area (Å²) in [6, 6.07) is 2.99. The largest absolute Gasteiger partial charge is 0.490 e. The fourth-order valence-corrected chi connectivity index (χ4v) is 4.45. The van der Waals surface area contributed by atoms with E-state index in [1.54, 1.807) is 6.92 Å². The second-order valence-electron chi connectivity index (χ2n) is 5.63. The lowest BCUT2D eigenvalue weighted by Crippen LogP contribution is -2.47. The lowest BCUT2D eigenvalue weighted by molar-refractivity contribution is -0.386. The molecule has 0 amide bonds. The Morgan fingerprint density at radius 2 is 2.08 bits per heavy atom. The third-order valence-corrected chi connectivity index (χ3v) is 6.10. The molecule has 1 aliphatic rings. The van der Waals surface area contributed by atoms with Gasteiger partial charge in [0.05, 0.1) is 22.8 Å². The van der Waals surface area contributed by atoms with E-state index in [0.717, 1.165) is 10.4 Å². The van der Waals surface area contributed by atoms with Gasteiger partial charge >= 0.3 is 11.7 Å². The Hall–Kier alpha value is -2.20. The molecule has 1 saturated heterocycles. The number of nitro benzene ring substituents is 1. The van der Waals surface area contributed by atoms with E-state index in [4.69, 9.17) is 9.84 Å². The van der Waals surface area contributed by atoms with Gasteiger partial charge in [-0.05, 0) is 31.9 Å². The number of rotatable bonds is 5. The van der Waals surface area contributed by atoms with Crippen LogP contribution in [0.15, 0.2) is 23.1 Å². The third-order valence-electron chi connectivity index (χ3n) is 4.13. The van der Waals surface area contributed by atoms with Crippen molar-refractivity contribution in [3.63, 3.8) is 0 Å². The first-order valence-electron chi connectivity index (χ1n) is 7.25.